The van der Waals surface area contributed by atoms with E-state index in [1.807, 2.05) is 0 Å². The van der Waals surface area contributed by atoms with Crippen molar-refractivity contribution >= 4 is 0 Å². The minimum absolute atomic E-state index is 0.855. The lowest BCUT2D eigenvalue weighted by Crippen LogP contribution is -2.64. The molecule has 0 aromatic heterocycles. The summed E-state index contributed by atoms with van der Waals surface area (Å²) in [4.78, 5) is 5.40. The van der Waals surface area contributed by atoms with Crippen molar-refractivity contribution in [3.05, 3.63) is 0 Å². The number of hydrogen-bond acceptors (Lipinski definition) is 3. The normalized spacial score (nSPS) is 24.2. The van der Waals surface area contributed by atoms with Gasteiger partial charge < -0.3 is 5.32 Å². The molecule has 0 aliphatic carbocycles. The number of likely N-dealkylation sites (tertiary alicyclic amines) is 1. The van der Waals surface area contributed by atoms with Gasteiger partial charge in [0.05, 0.1) is 0 Å². The van der Waals surface area contributed by atoms with Gasteiger partial charge in [0.25, 0.3) is 0 Å². The molecule has 2 rings (SSSR count). The van der Waals surface area contributed by atoms with Crippen molar-refractivity contribution < 1.29 is 0 Å². The first-order valence-electron chi connectivity index (χ1n) is 7.54. The molecule has 2 aliphatic heterocycles. The fourth-order valence-electron chi connectivity index (χ4n) is 3.24. The predicted octanol–water partition coefficient (Wildman–Crippen LogP) is 1.54. The summed E-state index contributed by atoms with van der Waals surface area (Å²) >= 11 is 0. The van der Waals surface area contributed by atoms with Crippen LogP contribution in [0.15, 0.2) is 0 Å². The summed E-state index contributed by atoms with van der Waals surface area (Å²) in [6.07, 6.45) is 5.45. The first-order valence-corrected chi connectivity index (χ1v) is 7.54. The average molecular weight is 239 g/mol. The first kappa shape index (κ1) is 13.3. The Hall–Kier alpha value is -0.120. The van der Waals surface area contributed by atoms with E-state index in [1.54, 1.807) is 0 Å². The second kappa shape index (κ2) is 6.72. The molecule has 17 heavy (non-hydrogen) atoms. The van der Waals surface area contributed by atoms with Crippen molar-refractivity contribution in [2.24, 2.45) is 0 Å². The molecule has 0 amide bonds. The lowest BCUT2D eigenvalue weighted by Gasteiger charge is -2.50. The summed E-state index contributed by atoms with van der Waals surface area (Å²) in [5, 5.41) is 3.44. The summed E-state index contributed by atoms with van der Waals surface area (Å²) in [5.74, 6) is 0. The molecule has 100 valence electrons. The number of nitrogens with one attached hydrogen (secondary N) is 1. The van der Waals surface area contributed by atoms with Gasteiger partial charge in [0.1, 0.15) is 0 Å². The fourth-order valence-corrected chi connectivity index (χ4v) is 3.24. The molecule has 0 bridgehead atoms. The number of hydrogen-bond donors (Lipinski definition) is 1. The molecule has 2 aliphatic rings. The van der Waals surface area contributed by atoms with Crippen molar-refractivity contribution in [1.82, 2.24) is 15.1 Å². The number of nitrogens with zero attached hydrogens (tertiary/aromatic N) is 2. The van der Waals surface area contributed by atoms with E-state index < -0.39 is 0 Å². The maximum absolute atomic E-state index is 3.44. The highest BCUT2D eigenvalue weighted by atomic mass is 15.3. The van der Waals surface area contributed by atoms with Gasteiger partial charge in [-0.15, -0.1) is 0 Å². The molecular formula is C14H29N3. The summed E-state index contributed by atoms with van der Waals surface area (Å²) < 4.78 is 0. The molecule has 0 aromatic rings. The van der Waals surface area contributed by atoms with Crippen LogP contribution in [0.3, 0.4) is 0 Å². The van der Waals surface area contributed by atoms with Crippen LogP contribution in [-0.2, 0) is 0 Å². The van der Waals surface area contributed by atoms with Crippen LogP contribution in [0.2, 0.25) is 0 Å². The standard InChI is InChI=1S/C14H29N3/c1-3-5-13(6-4-2)17-11-14(12-17)16-9-7-15-8-10-16/h13-15H,3-12H2,1-2H3. The van der Waals surface area contributed by atoms with Gasteiger partial charge in [-0.25, -0.2) is 0 Å². The van der Waals surface area contributed by atoms with Gasteiger partial charge >= 0.3 is 0 Å². The monoisotopic (exact) mass is 239 g/mol. The van der Waals surface area contributed by atoms with Gasteiger partial charge in [0, 0.05) is 51.4 Å². The molecule has 0 unspecified atom stereocenters. The Morgan fingerprint density at radius 2 is 1.65 bits per heavy atom. The second-order valence-electron chi connectivity index (χ2n) is 5.62. The fraction of sp³-hybridized carbons (Fsp3) is 1.00. The summed E-state index contributed by atoms with van der Waals surface area (Å²) in [6, 6.07) is 1.72. The molecule has 0 saturated carbocycles. The van der Waals surface area contributed by atoms with Crippen molar-refractivity contribution in [3.63, 3.8) is 0 Å². The van der Waals surface area contributed by atoms with E-state index in [0.717, 1.165) is 12.1 Å². The Morgan fingerprint density at radius 1 is 1.06 bits per heavy atom. The van der Waals surface area contributed by atoms with Crippen LogP contribution >= 0.6 is 0 Å². The molecule has 3 heteroatoms. The SMILES string of the molecule is CCCC(CCC)N1CC(N2CCNCC2)C1. The lowest BCUT2D eigenvalue weighted by atomic mass is 9.97. The molecular weight excluding hydrogens is 210 g/mol. The quantitative estimate of drug-likeness (QED) is 0.758. The van der Waals surface area contributed by atoms with Crippen LogP contribution < -0.4 is 5.32 Å². The molecule has 2 heterocycles. The Kier molecular flexibility index (Phi) is 5.26. The van der Waals surface area contributed by atoms with Gasteiger partial charge in [-0.1, -0.05) is 26.7 Å². The van der Waals surface area contributed by atoms with Crippen molar-refractivity contribution in [2.75, 3.05) is 39.3 Å². The van der Waals surface area contributed by atoms with Crippen molar-refractivity contribution in [2.45, 2.75) is 51.6 Å². The topological polar surface area (TPSA) is 18.5 Å². The zero-order chi connectivity index (χ0) is 12.1. The largest absolute Gasteiger partial charge is 0.314 e. The van der Waals surface area contributed by atoms with Crippen molar-refractivity contribution in [1.29, 1.82) is 0 Å². The third-order valence-electron chi connectivity index (χ3n) is 4.32. The highest BCUT2D eigenvalue weighted by Crippen LogP contribution is 2.23. The molecule has 0 aromatic carbocycles. The number of piperazine rings is 1. The molecule has 0 atom stereocenters. The summed E-state index contributed by atoms with van der Waals surface area (Å²) in [7, 11) is 0. The van der Waals surface area contributed by atoms with E-state index in [0.29, 0.717) is 0 Å². The predicted molar refractivity (Wildman–Crippen MR) is 73.4 cm³/mol. The zero-order valence-corrected chi connectivity index (χ0v) is 11.6. The Labute approximate surface area is 107 Å². The second-order valence-corrected chi connectivity index (χ2v) is 5.62. The third-order valence-corrected chi connectivity index (χ3v) is 4.32. The molecule has 3 nitrogen and oxygen atoms in total. The Bertz CT molecular complexity index is 202. The molecule has 1 N–H and O–H groups in total. The smallest absolute Gasteiger partial charge is 0.0351 e. The van der Waals surface area contributed by atoms with Gasteiger partial charge in [0.15, 0.2) is 0 Å². The maximum atomic E-state index is 3.44. The van der Waals surface area contributed by atoms with E-state index in [2.05, 4.69) is 29.0 Å². The van der Waals surface area contributed by atoms with E-state index in [4.69, 9.17) is 0 Å². The molecule has 2 fully saturated rings. The Morgan fingerprint density at radius 3 is 2.18 bits per heavy atom. The van der Waals surface area contributed by atoms with Crippen molar-refractivity contribution in [3.8, 4) is 0 Å². The van der Waals surface area contributed by atoms with Crippen LogP contribution in [0.5, 0.6) is 0 Å². The zero-order valence-electron chi connectivity index (χ0n) is 11.6. The van der Waals surface area contributed by atoms with E-state index >= 15 is 0 Å². The number of rotatable bonds is 6. The van der Waals surface area contributed by atoms with E-state index in [1.165, 1.54) is 65.0 Å². The Balaban J connectivity index is 1.72. The van der Waals surface area contributed by atoms with Crippen LogP contribution in [0.1, 0.15) is 39.5 Å². The first-order chi connectivity index (χ1) is 8.35. The van der Waals surface area contributed by atoms with Crippen LogP contribution in [0.4, 0.5) is 0 Å². The minimum Gasteiger partial charge on any atom is -0.314 e. The average Bonchev–Trinajstić information content (AvgIpc) is 2.29. The van der Waals surface area contributed by atoms with E-state index in [9.17, 15) is 0 Å². The minimum atomic E-state index is 0.855. The van der Waals surface area contributed by atoms with Gasteiger partial charge in [-0.2, -0.15) is 0 Å². The summed E-state index contributed by atoms with van der Waals surface area (Å²) in [5.41, 5.74) is 0. The molecule has 0 radical (unpaired) electrons. The summed E-state index contributed by atoms with van der Waals surface area (Å²) in [6.45, 7) is 12.2. The van der Waals surface area contributed by atoms with Gasteiger partial charge in [-0.3, -0.25) is 9.80 Å². The third kappa shape index (κ3) is 3.43. The lowest BCUT2D eigenvalue weighted by molar-refractivity contribution is -0.00528. The van der Waals surface area contributed by atoms with Gasteiger partial charge in [0.2, 0.25) is 0 Å². The van der Waals surface area contributed by atoms with Crippen LogP contribution in [0, 0.1) is 0 Å². The van der Waals surface area contributed by atoms with Gasteiger partial charge in [-0.05, 0) is 12.8 Å². The van der Waals surface area contributed by atoms with Crippen LogP contribution in [-0.4, -0.2) is 61.2 Å². The maximum Gasteiger partial charge on any atom is 0.0351 e. The molecule has 0 spiro atoms. The van der Waals surface area contributed by atoms with E-state index in [-0.39, 0.29) is 0 Å². The highest BCUT2D eigenvalue weighted by Gasteiger charge is 2.35. The van der Waals surface area contributed by atoms with Crippen LogP contribution in [0.25, 0.3) is 0 Å². The highest BCUT2D eigenvalue weighted by molar-refractivity contribution is 4.92. The molecule has 2 saturated heterocycles.